The second-order valence-electron chi connectivity index (χ2n) is 6.38. The first-order valence-electron chi connectivity index (χ1n) is 8.46. The molecule has 0 aromatic carbocycles. The van der Waals surface area contributed by atoms with Gasteiger partial charge in [0.15, 0.2) is 0 Å². The molecule has 25 heavy (non-hydrogen) atoms. The van der Waals surface area contributed by atoms with Crippen molar-refractivity contribution < 1.29 is 0 Å². The third-order valence-electron chi connectivity index (χ3n) is 4.49. The van der Waals surface area contributed by atoms with Gasteiger partial charge in [-0.05, 0) is 24.3 Å². The van der Waals surface area contributed by atoms with Gasteiger partial charge in [0, 0.05) is 62.0 Å². The Balaban J connectivity index is 1.35. The summed E-state index contributed by atoms with van der Waals surface area (Å²) in [5.74, 6) is 0.465. The Kier molecular flexibility index (Phi) is 4.39. The Bertz CT molecular complexity index is 868. The highest BCUT2D eigenvalue weighted by molar-refractivity contribution is 5.56. The molecular formula is C18H20N6O. The molecule has 0 saturated carbocycles. The lowest BCUT2D eigenvalue weighted by Crippen LogP contribution is -2.50. The molecule has 0 aliphatic carbocycles. The predicted molar refractivity (Wildman–Crippen MR) is 93.9 cm³/mol. The van der Waals surface area contributed by atoms with Crippen LogP contribution in [0.4, 0.5) is 0 Å². The number of hydrogen-bond donors (Lipinski definition) is 0. The standard InChI is InChI=1S/C18H20N6O/c25-18-5-4-17(16-3-1-6-19-11-16)21-24(18)14-15-12-22(13-15)9-10-23-8-2-7-20-23/h1-8,11,15H,9-10,12-14H2. The van der Waals surface area contributed by atoms with Gasteiger partial charge in [0.2, 0.25) is 0 Å². The molecule has 7 nitrogen and oxygen atoms in total. The quantitative estimate of drug-likeness (QED) is 0.675. The van der Waals surface area contributed by atoms with E-state index >= 15 is 0 Å². The second kappa shape index (κ2) is 6.98. The largest absolute Gasteiger partial charge is 0.301 e. The van der Waals surface area contributed by atoms with Gasteiger partial charge in [-0.15, -0.1) is 0 Å². The number of pyridine rings is 1. The normalized spacial score (nSPS) is 15.2. The highest BCUT2D eigenvalue weighted by Gasteiger charge is 2.27. The van der Waals surface area contributed by atoms with E-state index in [2.05, 4.69) is 20.1 Å². The maximum atomic E-state index is 12.1. The van der Waals surface area contributed by atoms with Crippen LogP contribution >= 0.6 is 0 Å². The molecule has 4 heterocycles. The fourth-order valence-electron chi connectivity index (χ4n) is 3.14. The molecule has 1 aliphatic rings. The maximum Gasteiger partial charge on any atom is 0.266 e. The third kappa shape index (κ3) is 3.66. The van der Waals surface area contributed by atoms with Crippen molar-refractivity contribution in [1.82, 2.24) is 29.4 Å². The van der Waals surface area contributed by atoms with E-state index in [0.717, 1.165) is 37.4 Å². The number of aromatic nitrogens is 5. The van der Waals surface area contributed by atoms with Crippen molar-refractivity contribution in [2.24, 2.45) is 5.92 Å². The smallest absolute Gasteiger partial charge is 0.266 e. The zero-order chi connectivity index (χ0) is 17.1. The lowest BCUT2D eigenvalue weighted by molar-refractivity contribution is 0.0795. The summed E-state index contributed by atoms with van der Waals surface area (Å²) in [6, 6.07) is 9.10. The monoisotopic (exact) mass is 336 g/mol. The van der Waals surface area contributed by atoms with Gasteiger partial charge in [-0.2, -0.15) is 10.2 Å². The van der Waals surface area contributed by atoms with Crippen LogP contribution < -0.4 is 5.56 Å². The van der Waals surface area contributed by atoms with Gasteiger partial charge in [-0.3, -0.25) is 14.5 Å². The first kappa shape index (κ1) is 15.7. The Labute approximate surface area is 145 Å². The van der Waals surface area contributed by atoms with Crippen molar-refractivity contribution in [3.8, 4) is 11.3 Å². The molecule has 7 heteroatoms. The molecular weight excluding hydrogens is 316 g/mol. The number of rotatable bonds is 6. The van der Waals surface area contributed by atoms with Crippen LogP contribution in [0.25, 0.3) is 11.3 Å². The average Bonchev–Trinajstić information content (AvgIpc) is 3.12. The van der Waals surface area contributed by atoms with Crippen molar-refractivity contribution in [2.75, 3.05) is 19.6 Å². The van der Waals surface area contributed by atoms with Crippen LogP contribution in [0.15, 0.2) is 59.9 Å². The van der Waals surface area contributed by atoms with Crippen LogP contribution in [0.2, 0.25) is 0 Å². The van der Waals surface area contributed by atoms with Crippen molar-refractivity contribution in [2.45, 2.75) is 13.1 Å². The van der Waals surface area contributed by atoms with Crippen LogP contribution in [-0.2, 0) is 13.1 Å². The molecule has 0 unspecified atom stereocenters. The lowest BCUT2D eigenvalue weighted by atomic mass is 10.0. The van der Waals surface area contributed by atoms with Crippen molar-refractivity contribution in [3.63, 3.8) is 0 Å². The van der Waals surface area contributed by atoms with Crippen LogP contribution in [0, 0.1) is 5.92 Å². The zero-order valence-corrected chi connectivity index (χ0v) is 13.9. The summed E-state index contributed by atoms with van der Waals surface area (Å²) in [5.41, 5.74) is 1.65. The Hall–Kier alpha value is -2.80. The third-order valence-corrected chi connectivity index (χ3v) is 4.49. The van der Waals surface area contributed by atoms with Gasteiger partial charge in [-0.25, -0.2) is 4.68 Å². The fraction of sp³-hybridized carbons (Fsp3) is 0.333. The van der Waals surface area contributed by atoms with Gasteiger partial charge < -0.3 is 4.90 Å². The van der Waals surface area contributed by atoms with E-state index < -0.39 is 0 Å². The first-order valence-corrected chi connectivity index (χ1v) is 8.46. The molecule has 0 bridgehead atoms. The summed E-state index contributed by atoms with van der Waals surface area (Å²) < 4.78 is 3.52. The molecule has 3 aromatic heterocycles. The van der Waals surface area contributed by atoms with Gasteiger partial charge in [0.25, 0.3) is 5.56 Å². The Morgan fingerprint density at radius 1 is 1.08 bits per heavy atom. The second-order valence-corrected chi connectivity index (χ2v) is 6.38. The first-order chi connectivity index (χ1) is 12.3. The lowest BCUT2D eigenvalue weighted by Gasteiger charge is -2.39. The summed E-state index contributed by atoms with van der Waals surface area (Å²) in [6.45, 7) is 4.52. The molecule has 3 aromatic rings. The van der Waals surface area contributed by atoms with Gasteiger partial charge >= 0.3 is 0 Å². The van der Waals surface area contributed by atoms with E-state index in [9.17, 15) is 4.79 Å². The summed E-state index contributed by atoms with van der Waals surface area (Å²) in [6.07, 6.45) is 7.26. The van der Waals surface area contributed by atoms with Crippen LogP contribution in [0.3, 0.4) is 0 Å². The minimum absolute atomic E-state index is 0.0531. The highest BCUT2D eigenvalue weighted by atomic mass is 16.1. The van der Waals surface area contributed by atoms with Crippen molar-refractivity contribution in [3.05, 3.63) is 65.5 Å². The van der Waals surface area contributed by atoms with E-state index in [4.69, 9.17) is 0 Å². The molecule has 1 aliphatic heterocycles. The van der Waals surface area contributed by atoms with Crippen molar-refractivity contribution in [1.29, 1.82) is 0 Å². The fourth-order valence-corrected chi connectivity index (χ4v) is 3.14. The van der Waals surface area contributed by atoms with Crippen LogP contribution in [0.1, 0.15) is 0 Å². The van der Waals surface area contributed by atoms with Crippen LogP contribution in [-0.4, -0.2) is 49.1 Å². The summed E-state index contributed by atoms with van der Waals surface area (Å²) in [7, 11) is 0. The van der Waals surface area contributed by atoms with E-state index in [1.54, 1.807) is 35.4 Å². The van der Waals surface area contributed by atoms with E-state index in [1.165, 1.54) is 0 Å². The molecule has 0 spiro atoms. The van der Waals surface area contributed by atoms with E-state index in [1.807, 2.05) is 29.1 Å². The Morgan fingerprint density at radius 3 is 2.76 bits per heavy atom. The predicted octanol–water partition coefficient (Wildman–Crippen LogP) is 1.13. The molecule has 1 fully saturated rings. The van der Waals surface area contributed by atoms with Crippen LogP contribution in [0.5, 0.6) is 0 Å². The summed E-state index contributed by atoms with van der Waals surface area (Å²) >= 11 is 0. The molecule has 0 atom stereocenters. The Morgan fingerprint density at radius 2 is 2.00 bits per heavy atom. The SMILES string of the molecule is O=c1ccc(-c2cccnc2)nn1CC1CN(CCn2cccn2)C1. The van der Waals surface area contributed by atoms with Gasteiger partial charge in [0.05, 0.1) is 18.8 Å². The number of nitrogens with zero attached hydrogens (tertiary/aromatic N) is 6. The molecule has 0 N–H and O–H groups in total. The van der Waals surface area contributed by atoms with E-state index in [0.29, 0.717) is 12.5 Å². The highest BCUT2D eigenvalue weighted by Crippen LogP contribution is 2.17. The van der Waals surface area contributed by atoms with Gasteiger partial charge in [0.1, 0.15) is 0 Å². The molecule has 0 amide bonds. The minimum Gasteiger partial charge on any atom is -0.301 e. The average molecular weight is 336 g/mol. The van der Waals surface area contributed by atoms with Gasteiger partial charge in [-0.1, -0.05) is 0 Å². The summed E-state index contributed by atoms with van der Waals surface area (Å²) in [5, 5.41) is 8.72. The molecule has 0 radical (unpaired) electrons. The zero-order valence-electron chi connectivity index (χ0n) is 13.9. The molecule has 1 saturated heterocycles. The maximum absolute atomic E-state index is 12.1. The minimum atomic E-state index is -0.0531. The summed E-state index contributed by atoms with van der Waals surface area (Å²) in [4.78, 5) is 18.6. The van der Waals surface area contributed by atoms with Crippen molar-refractivity contribution >= 4 is 0 Å². The molecule has 128 valence electrons. The number of hydrogen-bond acceptors (Lipinski definition) is 5. The number of likely N-dealkylation sites (tertiary alicyclic amines) is 1. The topological polar surface area (TPSA) is 68.8 Å². The molecule has 4 rings (SSSR count). The van der Waals surface area contributed by atoms with E-state index in [-0.39, 0.29) is 5.56 Å².